The lowest BCUT2D eigenvalue weighted by atomic mass is 9.94. The van der Waals surface area contributed by atoms with Gasteiger partial charge in [-0.25, -0.2) is 14.5 Å². The van der Waals surface area contributed by atoms with Crippen LogP contribution in [0.2, 0.25) is 0 Å². The zero-order valence-electron chi connectivity index (χ0n) is 23.6. The number of nitrogens with zero attached hydrogens (tertiary/aromatic N) is 7. The molecule has 0 aromatic carbocycles. The summed E-state index contributed by atoms with van der Waals surface area (Å²) < 4.78 is 20.8. The van der Waals surface area contributed by atoms with Gasteiger partial charge in [0.05, 0.1) is 18.5 Å². The van der Waals surface area contributed by atoms with E-state index in [1.165, 1.54) is 0 Å². The molecule has 1 aliphatic heterocycles. The molecular weight excluding hydrogens is 488 g/mol. The van der Waals surface area contributed by atoms with Gasteiger partial charge in [-0.05, 0) is 60.8 Å². The summed E-state index contributed by atoms with van der Waals surface area (Å²) in [6, 6.07) is 0.103. The van der Waals surface area contributed by atoms with E-state index in [9.17, 15) is 4.79 Å². The Hall–Kier alpha value is -3.41. The number of nitrogens with one attached hydrogen (secondary N) is 1. The lowest BCUT2D eigenvalue weighted by molar-refractivity contribution is 0.0158. The summed E-state index contributed by atoms with van der Waals surface area (Å²) in [6.07, 6.45) is 5.49. The molecule has 0 radical (unpaired) electrons. The summed E-state index contributed by atoms with van der Waals surface area (Å²) in [5, 5.41) is 12.6. The van der Waals surface area contributed by atoms with Crippen molar-refractivity contribution in [3.63, 3.8) is 0 Å². The molecule has 0 spiro atoms. The number of amides is 1. The second-order valence-electron chi connectivity index (χ2n) is 11.0. The van der Waals surface area contributed by atoms with E-state index in [2.05, 4.69) is 27.3 Å². The molecule has 4 rings (SSSR count). The minimum atomic E-state index is -0.515. The van der Waals surface area contributed by atoms with Crippen molar-refractivity contribution in [2.75, 3.05) is 25.0 Å². The fourth-order valence-electron chi connectivity index (χ4n) is 4.42. The monoisotopic (exact) mass is 528 g/mol. The summed E-state index contributed by atoms with van der Waals surface area (Å²) in [6.45, 7) is 17.3. The molecule has 3 atom stereocenters. The molecule has 3 aromatic heterocycles. The number of hydrogen-bond acceptors (Lipinski definition) is 9. The van der Waals surface area contributed by atoms with Crippen molar-refractivity contribution in [1.82, 2.24) is 34.3 Å². The minimum Gasteiger partial charge on any atom is -0.473 e. The van der Waals surface area contributed by atoms with Crippen molar-refractivity contribution in [3.8, 4) is 17.1 Å². The smallest absolute Gasteiger partial charge is 0.410 e. The zero-order valence-corrected chi connectivity index (χ0v) is 23.6. The summed E-state index contributed by atoms with van der Waals surface area (Å²) in [4.78, 5) is 23.6. The number of anilines is 1. The molecule has 38 heavy (non-hydrogen) atoms. The third-order valence-electron chi connectivity index (χ3n) is 6.21. The van der Waals surface area contributed by atoms with Crippen LogP contribution in [0.4, 0.5) is 10.7 Å². The standard InChI is InChI=1S/C26H40N8O4/c1-9-36-18(5)33-15-19(12-28-33)22-23(37-16(2)3)34-21(13-27-22)30-24(31-34)29-20-10-11-32(14-17(20)4)25(35)38-26(6,7)8/h12-13,15-18,20H,9-11,14H2,1-8H3,(H,29,31). The third-order valence-corrected chi connectivity index (χ3v) is 6.21. The third kappa shape index (κ3) is 6.35. The van der Waals surface area contributed by atoms with E-state index in [-0.39, 0.29) is 30.4 Å². The fraction of sp³-hybridized carbons (Fsp3) is 0.654. The van der Waals surface area contributed by atoms with Crippen LogP contribution in [0.15, 0.2) is 18.6 Å². The second-order valence-corrected chi connectivity index (χ2v) is 11.0. The minimum absolute atomic E-state index is 0.101. The van der Waals surface area contributed by atoms with Gasteiger partial charge in [-0.2, -0.15) is 14.6 Å². The van der Waals surface area contributed by atoms with Crippen molar-refractivity contribution in [1.29, 1.82) is 0 Å². The average Bonchev–Trinajstić information content (AvgIpc) is 3.47. The van der Waals surface area contributed by atoms with E-state index in [1.807, 2.05) is 54.7 Å². The highest BCUT2D eigenvalue weighted by Crippen LogP contribution is 2.30. The van der Waals surface area contributed by atoms with Gasteiger partial charge >= 0.3 is 6.09 Å². The van der Waals surface area contributed by atoms with Crippen molar-refractivity contribution in [2.24, 2.45) is 5.92 Å². The molecule has 1 N–H and O–H groups in total. The molecule has 12 nitrogen and oxygen atoms in total. The molecule has 0 aliphatic carbocycles. The van der Waals surface area contributed by atoms with Crippen LogP contribution in [0.25, 0.3) is 16.9 Å². The number of aromatic nitrogens is 6. The quantitative estimate of drug-likeness (QED) is 0.454. The van der Waals surface area contributed by atoms with Gasteiger partial charge in [-0.15, -0.1) is 5.10 Å². The topological polar surface area (TPSA) is 121 Å². The molecule has 3 unspecified atom stereocenters. The van der Waals surface area contributed by atoms with E-state index < -0.39 is 5.60 Å². The Labute approximate surface area is 223 Å². The maximum Gasteiger partial charge on any atom is 0.410 e. The number of fused-ring (bicyclic) bond motifs is 1. The molecule has 12 heteroatoms. The Morgan fingerprint density at radius 2 is 2.00 bits per heavy atom. The fourth-order valence-corrected chi connectivity index (χ4v) is 4.42. The van der Waals surface area contributed by atoms with E-state index in [0.717, 1.165) is 12.0 Å². The predicted octanol–water partition coefficient (Wildman–Crippen LogP) is 4.39. The molecule has 0 bridgehead atoms. The molecule has 3 aromatic rings. The van der Waals surface area contributed by atoms with E-state index in [4.69, 9.17) is 19.3 Å². The Kier molecular flexibility index (Phi) is 8.10. The van der Waals surface area contributed by atoms with Crippen LogP contribution in [-0.4, -0.2) is 77.8 Å². The number of rotatable bonds is 8. The summed E-state index contributed by atoms with van der Waals surface area (Å²) >= 11 is 0. The van der Waals surface area contributed by atoms with Gasteiger partial charge < -0.3 is 24.4 Å². The Morgan fingerprint density at radius 3 is 2.66 bits per heavy atom. The summed E-state index contributed by atoms with van der Waals surface area (Å²) in [5.41, 5.74) is 1.47. The van der Waals surface area contributed by atoms with Crippen LogP contribution in [0.5, 0.6) is 5.88 Å². The number of hydrogen-bond donors (Lipinski definition) is 1. The van der Waals surface area contributed by atoms with Gasteiger partial charge in [0.15, 0.2) is 5.65 Å². The highest BCUT2D eigenvalue weighted by Gasteiger charge is 2.32. The van der Waals surface area contributed by atoms with Crippen molar-refractivity contribution in [3.05, 3.63) is 18.6 Å². The zero-order chi connectivity index (χ0) is 27.6. The van der Waals surface area contributed by atoms with Gasteiger partial charge in [0.2, 0.25) is 11.8 Å². The largest absolute Gasteiger partial charge is 0.473 e. The first-order valence-corrected chi connectivity index (χ1v) is 13.3. The van der Waals surface area contributed by atoms with Crippen LogP contribution in [0, 0.1) is 5.92 Å². The first-order chi connectivity index (χ1) is 17.9. The van der Waals surface area contributed by atoms with Crippen LogP contribution >= 0.6 is 0 Å². The van der Waals surface area contributed by atoms with Crippen LogP contribution in [0.1, 0.15) is 68.0 Å². The Bertz CT molecular complexity index is 1250. The Balaban J connectivity index is 1.55. The number of ether oxygens (including phenoxy) is 3. The average molecular weight is 529 g/mol. The normalized spacial score (nSPS) is 19.1. The maximum atomic E-state index is 12.5. The van der Waals surface area contributed by atoms with Gasteiger partial charge in [0.1, 0.15) is 17.5 Å². The van der Waals surface area contributed by atoms with E-state index in [1.54, 1.807) is 26.5 Å². The second kappa shape index (κ2) is 11.1. The van der Waals surface area contributed by atoms with Gasteiger partial charge in [0, 0.05) is 37.5 Å². The maximum absolute atomic E-state index is 12.5. The van der Waals surface area contributed by atoms with Gasteiger partial charge in [-0.3, -0.25) is 0 Å². The molecule has 1 saturated heterocycles. The lowest BCUT2D eigenvalue weighted by Gasteiger charge is -2.37. The van der Waals surface area contributed by atoms with Gasteiger partial charge in [-0.1, -0.05) is 6.92 Å². The highest BCUT2D eigenvalue weighted by atomic mass is 16.6. The first-order valence-electron chi connectivity index (χ1n) is 13.3. The number of likely N-dealkylation sites (tertiary alicyclic amines) is 1. The van der Waals surface area contributed by atoms with Crippen molar-refractivity contribution in [2.45, 2.75) is 85.8 Å². The predicted molar refractivity (Wildman–Crippen MR) is 143 cm³/mol. The highest BCUT2D eigenvalue weighted by molar-refractivity contribution is 5.68. The molecule has 1 amide bonds. The molecule has 0 saturated carbocycles. The number of piperidine rings is 1. The molecule has 1 aliphatic rings. The van der Waals surface area contributed by atoms with Crippen LogP contribution in [-0.2, 0) is 9.47 Å². The molecular formula is C26H40N8O4. The lowest BCUT2D eigenvalue weighted by Crippen LogP contribution is -2.49. The van der Waals surface area contributed by atoms with E-state index in [0.29, 0.717) is 42.9 Å². The van der Waals surface area contributed by atoms with Crippen molar-refractivity contribution >= 4 is 17.7 Å². The van der Waals surface area contributed by atoms with Crippen molar-refractivity contribution < 1.29 is 19.0 Å². The van der Waals surface area contributed by atoms with Gasteiger partial charge in [0.25, 0.3) is 0 Å². The number of carbonyl (C=O) groups is 1. The number of carbonyl (C=O) groups excluding carboxylic acids is 1. The van der Waals surface area contributed by atoms with Crippen LogP contribution < -0.4 is 10.1 Å². The van der Waals surface area contributed by atoms with Crippen LogP contribution in [0.3, 0.4) is 0 Å². The SMILES string of the molecule is CCOC(C)n1cc(-c2ncc3nc(NC4CCN(C(=O)OC(C)(C)C)CC4C)nn3c2OC(C)C)cn1. The molecule has 1 fully saturated rings. The van der Waals surface area contributed by atoms with E-state index >= 15 is 0 Å². The Morgan fingerprint density at radius 1 is 1.24 bits per heavy atom. The molecule has 208 valence electrons. The summed E-state index contributed by atoms with van der Waals surface area (Å²) in [5.74, 6) is 1.16. The molecule has 4 heterocycles. The summed E-state index contributed by atoms with van der Waals surface area (Å²) in [7, 11) is 0. The first kappa shape index (κ1) is 27.6.